The van der Waals surface area contributed by atoms with Crippen molar-refractivity contribution in [3.63, 3.8) is 0 Å². The van der Waals surface area contributed by atoms with Gasteiger partial charge in [0.15, 0.2) is 0 Å². The van der Waals surface area contributed by atoms with Crippen LogP contribution in [0.3, 0.4) is 0 Å². The molecule has 16 heavy (non-hydrogen) atoms. The normalized spacial score (nSPS) is 11.2. The Hall–Kier alpha value is -0.870. The Labute approximate surface area is 105 Å². The number of amides is 1. The number of anilines is 1. The molecule has 0 aliphatic rings. The van der Waals surface area contributed by atoms with Gasteiger partial charge < -0.3 is 10.6 Å². The van der Waals surface area contributed by atoms with E-state index >= 15 is 0 Å². The minimum atomic E-state index is -0.427. The number of nitrogens with one attached hydrogen (secondary N) is 2. The second-order valence-corrected chi connectivity index (χ2v) is 5.20. The van der Waals surface area contributed by atoms with Gasteiger partial charge in [0.05, 0.1) is 11.1 Å². The van der Waals surface area contributed by atoms with Gasteiger partial charge in [0.1, 0.15) is 0 Å². The Morgan fingerprint density at radius 1 is 1.38 bits per heavy atom. The predicted molar refractivity (Wildman–Crippen MR) is 70.5 cm³/mol. The maximum atomic E-state index is 12.0. The van der Waals surface area contributed by atoms with E-state index in [0.717, 1.165) is 10.2 Å². The summed E-state index contributed by atoms with van der Waals surface area (Å²) in [6.45, 7) is 4.47. The predicted octanol–water partition coefficient (Wildman–Crippen LogP) is 2.63. The number of hydrogen-bond acceptors (Lipinski definition) is 2. The highest BCUT2D eigenvalue weighted by molar-refractivity contribution is 9.10. The summed E-state index contributed by atoms with van der Waals surface area (Å²) in [6, 6.07) is 7.59. The third-order valence-electron chi connectivity index (χ3n) is 2.36. The SMILES string of the molecule is CNCC(C)(C)C(=O)Nc1ccccc1Br. The molecular formula is C12H17BrN2O. The quantitative estimate of drug-likeness (QED) is 0.893. The van der Waals surface area contributed by atoms with Crippen LogP contribution in [0.4, 0.5) is 5.69 Å². The largest absolute Gasteiger partial charge is 0.325 e. The van der Waals surface area contributed by atoms with E-state index in [1.165, 1.54) is 0 Å². The Bertz CT molecular complexity index is 377. The second-order valence-electron chi connectivity index (χ2n) is 4.35. The van der Waals surface area contributed by atoms with E-state index in [0.29, 0.717) is 6.54 Å². The molecule has 1 aromatic rings. The average Bonchev–Trinajstić information content (AvgIpc) is 2.21. The van der Waals surface area contributed by atoms with Crippen molar-refractivity contribution in [1.29, 1.82) is 0 Å². The molecule has 0 fully saturated rings. The van der Waals surface area contributed by atoms with Crippen molar-refractivity contribution in [3.05, 3.63) is 28.7 Å². The summed E-state index contributed by atoms with van der Waals surface area (Å²) >= 11 is 3.40. The summed E-state index contributed by atoms with van der Waals surface area (Å²) in [5.74, 6) is 0.00810. The molecule has 0 aromatic heterocycles. The molecule has 0 heterocycles. The molecule has 0 saturated heterocycles. The van der Waals surface area contributed by atoms with Gasteiger partial charge in [-0.3, -0.25) is 4.79 Å². The summed E-state index contributed by atoms with van der Waals surface area (Å²) in [6.07, 6.45) is 0. The first kappa shape index (κ1) is 13.2. The zero-order valence-corrected chi connectivity index (χ0v) is 11.4. The summed E-state index contributed by atoms with van der Waals surface area (Å²) in [4.78, 5) is 12.0. The summed E-state index contributed by atoms with van der Waals surface area (Å²) in [5, 5.41) is 5.93. The van der Waals surface area contributed by atoms with Crippen LogP contribution in [-0.4, -0.2) is 19.5 Å². The van der Waals surface area contributed by atoms with Crippen molar-refractivity contribution in [2.75, 3.05) is 18.9 Å². The molecule has 2 N–H and O–H groups in total. The monoisotopic (exact) mass is 284 g/mol. The molecular weight excluding hydrogens is 268 g/mol. The van der Waals surface area contributed by atoms with Gasteiger partial charge in [-0.15, -0.1) is 0 Å². The van der Waals surface area contributed by atoms with Crippen molar-refractivity contribution < 1.29 is 4.79 Å². The Morgan fingerprint density at radius 3 is 2.56 bits per heavy atom. The van der Waals surface area contributed by atoms with E-state index in [4.69, 9.17) is 0 Å². The lowest BCUT2D eigenvalue weighted by Crippen LogP contribution is -2.38. The fourth-order valence-electron chi connectivity index (χ4n) is 1.38. The molecule has 0 saturated carbocycles. The van der Waals surface area contributed by atoms with E-state index in [2.05, 4.69) is 26.6 Å². The molecule has 0 aliphatic heterocycles. The third kappa shape index (κ3) is 3.32. The van der Waals surface area contributed by atoms with Crippen LogP contribution in [-0.2, 0) is 4.79 Å². The zero-order valence-electron chi connectivity index (χ0n) is 9.80. The molecule has 1 amide bonds. The number of rotatable bonds is 4. The van der Waals surface area contributed by atoms with Crippen molar-refractivity contribution in [1.82, 2.24) is 5.32 Å². The number of para-hydroxylation sites is 1. The van der Waals surface area contributed by atoms with Gasteiger partial charge in [0.25, 0.3) is 0 Å². The van der Waals surface area contributed by atoms with Crippen LogP contribution >= 0.6 is 15.9 Å². The highest BCUT2D eigenvalue weighted by Gasteiger charge is 2.26. The molecule has 0 unspecified atom stereocenters. The lowest BCUT2D eigenvalue weighted by atomic mass is 9.92. The third-order valence-corrected chi connectivity index (χ3v) is 3.05. The molecule has 0 radical (unpaired) electrons. The van der Waals surface area contributed by atoms with Crippen LogP contribution in [0.2, 0.25) is 0 Å². The molecule has 3 nitrogen and oxygen atoms in total. The van der Waals surface area contributed by atoms with E-state index < -0.39 is 5.41 Å². The van der Waals surface area contributed by atoms with E-state index in [9.17, 15) is 4.79 Å². The summed E-state index contributed by atoms with van der Waals surface area (Å²) in [7, 11) is 1.84. The van der Waals surface area contributed by atoms with Crippen LogP contribution in [0, 0.1) is 5.41 Å². The summed E-state index contributed by atoms with van der Waals surface area (Å²) in [5.41, 5.74) is 0.376. The summed E-state index contributed by atoms with van der Waals surface area (Å²) < 4.78 is 0.892. The number of halogens is 1. The van der Waals surface area contributed by atoms with E-state index in [-0.39, 0.29) is 5.91 Å². The molecule has 1 rings (SSSR count). The van der Waals surface area contributed by atoms with Crippen LogP contribution in [0.5, 0.6) is 0 Å². The van der Waals surface area contributed by atoms with Crippen molar-refractivity contribution >= 4 is 27.5 Å². The smallest absolute Gasteiger partial charge is 0.231 e. The minimum Gasteiger partial charge on any atom is -0.325 e. The maximum absolute atomic E-state index is 12.0. The van der Waals surface area contributed by atoms with Crippen LogP contribution in [0.1, 0.15) is 13.8 Å². The molecule has 0 aliphatic carbocycles. The molecule has 4 heteroatoms. The van der Waals surface area contributed by atoms with Gasteiger partial charge in [-0.05, 0) is 49.0 Å². The Balaban J connectivity index is 2.75. The topological polar surface area (TPSA) is 41.1 Å². The number of hydrogen-bond donors (Lipinski definition) is 2. The van der Waals surface area contributed by atoms with Crippen LogP contribution in [0.15, 0.2) is 28.7 Å². The number of benzene rings is 1. The molecule has 0 spiro atoms. The fraction of sp³-hybridized carbons (Fsp3) is 0.417. The number of carbonyl (C=O) groups is 1. The van der Waals surface area contributed by atoms with Gasteiger partial charge in [-0.25, -0.2) is 0 Å². The highest BCUT2D eigenvalue weighted by atomic mass is 79.9. The van der Waals surface area contributed by atoms with E-state index in [1.54, 1.807) is 0 Å². The van der Waals surface area contributed by atoms with Crippen molar-refractivity contribution in [3.8, 4) is 0 Å². The molecule has 0 atom stereocenters. The average molecular weight is 285 g/mol. The molecule has 1 aromatic carbocycles. The van der Waals surface area contributed by atoms with E-state index in [1.807, 2.05) is 45.2 Å². The molecule has 0 bridgehead atoms. The van der Waals surface area contributed by atoms with Crippen LogP contribution < -0.4 is 10.6 Å². The second kappa shape index (κ2) is 5.46. The minimum absolute atomic E-state index is 0.00810. The first-order valence-corrected chi connectivity index (χ1v) is 5.97. The molecule has 88 valence electrons. The zero-order chi connectivity index (χ0) is 12.2. The van der Waals surface area contributed by atoms with Gasteiger partial charge in [0, 0.05) is 11.0 Å². The van der Waals surface area contributed by atoms with Gasteiger partial charge in [0.2, 0.25) is 5.91 Å². The van der Waals surface area contributed by atoms with Gasteiger partial charge in [-0.1, -0.05) is 12.1 Å². The fourth-order valence-corrected chi connectivity index (χ4v) is 1.76. The van der Waals surface area contributed by atoms with Gasteiger partial charge >= 0.3 is 0 Å². The highest BCUT2D eigenvalue weighted by Crippen LogP contribution is 2.24. The first-order chi connectivity index (χ1) is 7.47. The Kier molecular flexibility index (Phi) is 4.50. The van der Waals surface area contributed by atoms with Crippen molar-refractivity contribution in [2.45, 2.75) is 13.8 Å². The lowest BCUT2D eigenvalue weighted by molar-refractivity contribution is -0.123. The number of carbonyl (C=O) groups excluding carboxylic acids is 1. The lowest BCUT2D eigenvalue weighted by Gasteiger charge is -2.23. The maximum Gasteiger partial charge on any atom is 0.231 e. The standard InChI is InChI=1S/C12H17BrN2O/c1-12(2,8-14-3)11(16)15-10-7-5-4-6-9(10)13/h4-7,14H,8H2,1-3H3,(H,15,16). The van der Waals surface area contributed by atoms with Crippen LogP contribution in [0.25, 0.3) is 0 Å². The van der Waals surface area contributed by atoms with Crippen molar-refractivity contribution in [2.24, 2.45) is 5.41 Å². The Morgan fingerprint density at radius 2 is 2.00 bits per heavy atom. The van der Waals surface area contributed by atoms with Gasteiger partial charge in [-0.2, -0.15) is 0 Å². The first-order valence-electron chi connectivity index (χ1n) is 5.18.